The van der Waals surface area contributed by atoms with Crippen molar-refractivity contribution in [1.82, 2.24) is 14.5 Å². The number of nitrogens with zero attached hydrogens (tertiary/aromatic N) is 3. The van der Waals surface area contributed by atoms with Crippen molar-refractivity contribution in [3.8, 4) is 0 Å². The third kappa shape index (κ3) is 3.60. The van der Waals surface area contributed by atoms with Gasteiger partial charge < -0.3 is 9.32 Å². The molecular weight excluding hydrogens is 370 g/mol. The fraction of sp³-hybridized carbons (Fsp3) is 0.364. The molecule has 1 aromatic carbocycles. The summed E-state index contributed by atoms with van der Waals surface area (Å²) in [5.74, 6) is 0.602. The summed E-state index contributed by atoms with van der Waals surface area (Å²) in [6.45, 7) is 4.70. The summed E-state index contributed by atoms with van der Waals surface area (Å²) in [6.07, 6.45) is 1.15. The van der Waals surface area contributed by atoms with Crippen LogP contribution in [0.25, 0.3) is 11.0 Å². The molecule has 0 atom stereocenters. The van der Waals surface area contributed by atoms with E-state index in [9.17, 15) is 14.4 Å². The molecule has 0 bridgehead atoms. The van der Waals surface area contributed by atoms with Gasteiger partial charge in [0.25, 0.3) is 5.56 Å². The van der Waals surface area contributed by atoms with E-state index in [2.05, 4.69) is 4.98 Å². The van der Waals surface area contributed by atoms with Gasteiger partial charge in [-0.25, -0.2) is 9.78 Å². The van der Waals surface area contributed by atoms with Gasteiger partial charge in [-0.2, -0.15) is 0 Å². The second-order valence-electron chi connectivity index (χ2n) is 7.60. The monoisotopic (exact) mass is 393 g/mol. The molecule has 1 aliphatic rings. The van der Waals surface area contributed by atoms with Crippen molar-refractivity contribution >= 4 is 16.9 Å². The average molecular weight is 393 g/mol. The van der Waals surface area contributed by atoms with Gasteiger partial charge in [0.1, 0.15) is 11.4 Å². The molecule has 2 aromatic heterocycles. The Morgan fingerprint density at radius 1 is 1.14 bits per heavy atom. The number of carbonyl (C=O) groups excluding carboxylic acids is 1. The Bertz CT molecular complexity index is 1240. The van der Waals surface area contributed by atoms with Crippen LogP contribution in [-0.4, -0.2) is 33.4 Å². The number of rotatable bonds is 2. The zero-order valence-electron chi connectivity index (χ0n) is 16.8. The van der Waals surface area contributed by atoms with E-state index in [1.807, 2.05) is 26.0 Å². The first kappa shape index (κ1) is 19.1. The summed E-state index contributed by atoms with van der Waals surface area (Å²) >= 11 is 0. The van der Waals surface area contributed by atoms with Gasteiger partial charge in [0.2, 0.25) is 5.91 Å². The van der Waals surface area contributed by atoms with Crippen LogP contribution in [0.1, 0.15) is 28.2 Å². The maximum absolute atomic E-state index is 13.0. The molecule has 3 heterocycles. The van der Waals surface area contributed by atoms with E-state index in [0.717, 1.165) is 16.6 Å². The SMILES string of the molecule is Cc1ccc2c(CC(=O)N3CCc4nc(C)n(C)c(=O)c4CC3)cc(=O)oc2c1. The Hall–Kier alpha value is -3.22. The van der Waals surface area contributed by atoms with Crippen LogP contribution in [-0.2, 0) is 31.1 Å². The van der Waals surface area contributed by atoms with Gasteiger partial charge in [0.05, 0.1) is 12.1 Å². The molecule has 0 fully saturated rings. The molecule has 7 nitrogen and oxygen atoms in total. The Morgan fingerprint density at radius 3 is 2.69 bits per heavy atom. The predicted octanol–water partition coefficient (Wildman–Crippen LogP) is 1.67. The van der Waals surface area contributed by atoms with Crippen molar-refractivity contribution in [2.75, 3.05) is 13.1 Å². The van der Waals surface area contributed by atoms with Crippen LogP contribution in [0.3, 0.4) is 0 Å². The van der Waals surface area contributed by atoms with Gasteiger partial charge in [0, 0.05) is 43.6 Å². The van der Waals surface area contributed by atoms with Crippen LogP contribution in [0, 0.1) is 13.8 Å². The highest BCUT2D eigenvalue weighted by molar-refractivity contribution is 5.87. The topological polar surface area (TPSA) is 85.4 Å². The molecule has 0 radical (unpaired) electrons. The van der Waals surface area contributed by atoms with E-state index >= 15 is 0 Å². The Kier molecular flexibility index (Phi) is 4.82. The number of aromatic nitrogens is 2. The second kappa shape index (κ2) is 7.31. The van der Waals surface area contributed by atoms with Gasteiger partial charge in [-0.05, 0) is 37.5 Å². The average Bonchev–Trinajstić information content (AvgIpc) is 2.88. The van der Waals surface area contributed by atoms with Crippen molar-refractivity contribution < 1.29 is 9.21 Å². The highest BCUT2D eigenvalue weighted by Crippen LogP contribution is 2.20. The number of fused-ring (bicyclic) bond motifs is 2. The summed E-state index contributed by atoms with van der Waals surface area (Å²) in [5, 5.41) is 0.771. The van der Waals surface area contributed by atoms with Crippen molar-refractivity contribution in [1.29, 1.82) is 0 Å². The third-order valence-electron chi connectivity index (χ3n) is 5.62. The molecule has 7 heteroatoms. The maximum Gasteiger partial charge on any atom is 0.336 e. The molecule has 29 heavy (non-hydrogen) atoms. The number of aryl methyl sites for hydroxylation is 2. The first-order valence-corrected chi connectivity index (χ1v) is 9.70. The molecule has 1 aliphatic heterocycles. The molecule has 150 valence electrons. The lowest BCUT2D eigenvalue weighted by Gasteiger charge is -2.20. The van der Waals surface area contributed by atoms with E-state index in [1.165, 1.54) is 6.07 Å². The van der Waals surface area contributed by atoms with Gasteiger partial charge in [-0.3, -0.25) is 14.2 Å². The van der Waals surface area contributed by atoms with Crippen LogP contribution < -0.4 is 11.2 Å². The molecule has 0 spiro atoms. The Balaban J connectivity index is 1.59. The summed E-state index contributed by atoms with van der Waals surface area (Å²) in [7, 11) is 1.71. The first-order valence-electron chi connectivity index (χ1n) is 9.70. The fourth-order valence-corrected chi connectivity index (χ4v) is 3.88. The maximum atomic E-state index is 13.0. The van der Waals surface area contributed by atoms with E-state index < -0.39 is 5.63 Å². The van der Waals surface area contributed by atoms with Crippen LogP contribution in [0.4, 0.5) is 0 Å². The highest BCUT2D eigenvalue weighted by atomic mass is 16.4. The molecular formula is C22H23N3O4. The van der Waals surface area contributed by atoms with Crippen LogP contribution >= 0.6 is 0 Å². The fourth-order valence-electron chi connectivity index (χ4n) is 3.88. The second-order valence-corrected chi connectivity index (χ2v) is 7.60. The number of hydrogen-bond donors (Lipinski definition) is 0. The smallest absolute Gasteiger partial charge is 0.336 e. The number of amides is 1. The Morgan fingerprint density at radius 2 is 1.90 bits per heavy atom. The predicted molar refractivity (Wildman–Crippen MR) is 109 cm³/mol. The van der Waals surface area contributed by atoms with Crippen LogP contribution in [0.15, 0.2) is 38.3 Å². The molecule has 0 N–H and O–H groups in total. The zero-order valence-corrected chi connectivity index (χ0v) is 16.8. The van der Waals surface area contributed by atoms with Crippen molar-refractivity contribution in [3.05, 3.63) is 73.2 Å². The quantitative estimate of drug-likeness (QED) is 0.619. The first-order chi connectivity index (χ1) is 13.8. The number of carbonyl (C=O) groups is 1. The lowest BCUT2D eigenvalue weighted by molar-refractivity contribution is -0.130. The summed E-state index contributed by atoms with van der Waals surface area (Å²) < 4.78 is 6.83. The normalized spacial score (nSPS) is 14.0. The summed E-state index contributed by atoms with van der Waals surface area (Å²) in [6, 6.07) is 7.01. The minimum atomic E-state index is -0.461. The van der Waals surface area contributed by atoms with Crippen molar-refractivity contribution in [2.24, 2.45) is 7.05 Å². The standard InChI is InChI=1S/C22H23N3O4/c1-13-4-5-16-15(12-21(27)29-19(16)10-13)11-20(26)25-8-6-17-18(7-9-25)23-14(2)24(3)22(17)28/h4-5,10,12H,6-9,11H2,1-3H3. The Labute approximate surface area is 167 Å². The van der Waals surface area contributed by atoms with E-state index in [1.54, 1.807) is 22.6 Å². The molecule has 0 unspecified atom stereocenters. The van der Waals surface area contributed by atoms with Gasteiger partial charge >= 0.3 is 5.63 Å². The van der Waals surface area contributed by atoms with Crippen LogP contribution in [0.2, 0.25) is 0 Å². The molecule has 0 saturated heterocycles. The lowest BCUT2D eigenvalue weighted by Crippen LogP contribution is -2.35. The molecule has 4 rings (SSSR count). The van der Waals surface area contributed by atoms with Gasteiger partial charge in [-0.15, -0.1) is 0 Å². The highest BCUT2D eigenvalue weighted by Gasteiger charge is 2.23. The summed E-state index contributed by atoms with van der Waals surface area (Å²) in [4.78, 5) is 43.8. The minimum Gasteiger partial charge on any atom is -0.423 e. The van der Waals surface area contributed by atoms with Gasteiger partial charge in [0.15, 0.2) is 0 Å². The number of benzene rings is 1. The van der Waals surface area contributed by atoms with Gasteiger partial charge in [-0.1, -0.05) is 12.1 Å². The van der Waals surface area contributed by atoms with Crippen LogP contribution in [0.5, 0.6) is 0 Å². The number of hydrogen-bond acceptors (Lipinski definition) is 5. The lowest BCUT2D eigenvalue weighted by atomic mass is 10.0. The molecule has 1 amide bonds. The van der Waals surface area contributed by atoms with Crippen molar-refractivity contribution in [3.63, 3.8) is 0 Å². The van der Waals surface area contributed by atoms with E-state index in [0.29, 0.717) is 48.5 Å². The van der Waals surface area contributed by atoms with Crippen molar-refractivity contribution in [2.45, 2.75) is 33.1 Å². The third-order valence-corrected chi connectivity index (χ3v) is 5.62. The molecule has 3 aromatic rings. The minimum absolute atomic E-state index is 0.0381. The summed E-state index contributed by atoms with van der Waals surface area (Å²) in [5.41, 5.74) is 3.11. The van der Waals surface area contributed by atoms with E-state index in [4.69, 9.17) is 4.42 Å². The largest absolute Gasteiger partial charge is 0.423 e. The van der Waals surface area contributed by atoms with E-state index in [-0.39, 0.29) is 17.9 Å². The zero-order chi connectivity index (χ0) is 20.7. The molecule has 0 aliphatic carbocycles. The molecule has 0 saturated carbocycles.